The first-order chi connectivity index (χ1) is 14.3. The molecule has 4 atom stereocenters. The molecule has 3 amide bonds. The maximum Gasteiger partial charge on any atom is 0.257 e. The van der Waals surface area contributed by atoms with Crippen LogP contribution in [0.15, 0.2) is 42.5 Å². The Kier molecular flexibility index (Phi) is 6.06. The van der Waals surface area contributed by atoms with Crippen LogP contribution in [-0.2, 0) is 9.59 Å². The summed E-state index contributed by atoms with van der Waals surface area (Å²) in [6, 6.07) is 11.9. The number of halogens is 3. The van der Waals surface area contributed by atoms with Gasteiger partial charge in [-0.15, -0.1) is 0 Å². The zero-order chi connectivity index (χ0) is 21.6. The average Bonchev–Trinajstić information content (AvgIpc) is 2.95. The van der Waals surface area contributed by atoms with Gasteiger partial charge in [0.2, 0.25) is 11.8 Å². The van der Waals surface area contributed by atoms with Crippen molar-refractivity contribution in [3.05, 3.63) is 58.6 Å². The normalized spacial score (nSPS) is 25.9. The molecular formula is C22H19Br2ClN2O3. The number of imide groups is 1. The van der Waals surface area contributed by atoms with Gasteiger partial charge >= 0.3 is 0 Å². The van der Waals surface area contributed by atoms with Crippen LogP contribution in [0.2, 0.25) is 5.02 Å². The van der Waals surface area contributed by atoms with E-state index < -0.39 is 5.91 Å². The summed E-state index contributed by atoms with van der Waals surface area (Å²) in [7, 11) is 0. The van der Waals surface area contributed by atoms with Crippen LogP contribution in [0, 0.1) is 18.8 Å². The maximum atomic E-state index is 13.2. The average molecular weight is 555 g/mol. The number of hydrogen-bond donors (Lipinski definition) is 1. The Hall–Kier alpha value is -1.70. The van der Waals surface area contributed by atoms with E-state index in [4.69, 9.17) is 11.6 Å². The smallest absolute Gasteiger partial charge is 0.257 e. The van der Waals surface area contributed by atoms with Gasteiger partial charge in [0.15, 0.2) is 0 Å². The highest BCUT2D eigenvalue weighted by Gasteiger charge is 2.52. The summed E-state index contributed by atoms with van der Waals surface area (Å²) in [5.74, 6) is -1.63. The van der Waals surface area contributed by atoms with Crippen LogP contribution < -0.4 is 10.2 Å². The molecule has 1 heterocycles. The number of nitrogens with zero attached hydrogens (tertiary/aromatic N) is 1. The van der Waals surface area contributed by atoms with E-state index in [2.05, 4.69) is 37.2 Å². The lowest BCUT2D eigenvalue weighted by Gasteiger charge is -2.29. The molecule has 2 aromatic carbocycles. The van der Waals surface area contributed by atoms with Crippen molar-refractivity contribution in [1.29, 1.82) is 0 Å². The molecule has 1 saturated heterocycles. The molecule has 8 heteroatoms. The molecule has 0 unspecified atom stereocenters. The summed E-state index contributed by atoms with van der Waals surface area (Å²) < 4.78 is 0. The number of anilines is 2. The Balaban J connectivity index is 1.67. The van der Waals surface area contributed by atoms with Crippen LogP contribution in [0.25, 0.3) is 0 Å². The van der Waals surface area contributed by atoms with Crippen molar-refractivity contribution in [2.45, 2.75) is 29.4 Å². The lowest BCUT2D eigenvalue weighted by Crippen LogP contribution is -2.34. The zero-order valence-corrected chi connectivity index (χ0v) is 20.0. The molecular weight excluding hydrogens is 536 g/mol. The summed E-state index contributed by atoms with van der Waals surface area (Å²) in [5, 5.41) is 3.36. The van der Waals surface area contributed by atoms with Gasteiger partial charge in [0, 0.05) is 20.4 Å². The molecule has 5 nitrogen and oxygen atoms in total. The first-order valence-electron chi connectivity index (χ1n) is 9.60. The molecule has 1 N–H and O–H groups in total. The fourth-order valence-electron chi connectivity index (χ4n) is 4.11. The van der Waals surface area contributed by atoms with E-state index in [0.29, 0.717) is 29.2 Å². The van der Waals surface area contributed by atoms with E-state index in [-0.39, 0.29) is 38.9 Å². The van der Waals surface area contributed by atoms with Crippen molar-refractivity contribution in [3.63, 3.8) is 0 Å². The van der Waals surface area contributed by atoms with Crippen LogP contribution in [0.3, 0.4) is 0 Å². The third-order valence-corrected chi connectivity index (χ3v) is 8.72. The van der Waals surface area contributed by atoms with Crippen LogP contribution in [-0.4, -0.2) is 27.4 Å². The summed E-state index contributed by atoms with van der Waals surface area (Å²) >= 11 is 13.3. The lowest BCUT2D eigenvalue weighted by atomic mass is 9.81. The van der Waals surface area contributed by atoms with Crippen molar-refractivity contribution in [2.75, 3.05) is 10.2 Å². The minimum atomic E-state index is -0.400. The van der Waals surface area contributed by atoms with E-state index in [1.165, 1.54) is 4.90 Å². The van der Waals surface area contributed by atoms with E-state index in [1.54, 1.807) is 36.4 Å². The fourth-order valence-corrected chi connectivity index (χ4v) is 5.52. The molecule has 1 aliphatic heterocycles. The highest BCUT2D eigenvalue weighted by atomic mass is 79.9. The van der Waals surface area contributed by atoms with Crippen LogP contribution in [0.1, 0.15) is 28.8 Å². The van der Waals surface area contributed by atoms with Gasteiger partial charge in [0.25, 0.3) is 5.91 Å². The molecule has 2 aromatic rings. The van der Waals surface area contributed by atoms with E-state index in [9.17, 15) is 14.4 Å². The van der Waals surface area contributed by atoms with Gasteiger partial charge in [-0.05, 0) is 49.6 Å². The number of aryl methyl sites for hydroxylation is 1. The number of hydrogen-bond acceptors (Lipinski definition) is 3. The Labute approximate surface area is 196 Å². The van der Waals surface area contributed by atoms with Gasteiger partial charge in [-0.2, -0.15) is 0 Å². The van der Waals surface area contributed by atoms with E-state index in [1.807, 2.05) is 13.0 Å². The molecule has 156 valence electrons. The second-order valence-corrected chi connectivity index (χ2v) is 10.4. The summed E-state index contributed by atoms with van der Waals surface area (Å²) in [5.41, 5.74) is 2.02. The van der Waals surface area contributed by atoms with Crippen LogP contribution >= 0.6 is 43.5 Å². The highest BCUT2D eigenvalue weighted by Crippen LogP contribution is 2.45. The molecule has 0 bridgehead atoms. The quantitative estimate of drug-likeness (QED) is 0.412. The van der Waals surface area contributed by atoms with Gasteiger partial charge in [0.05, 0.1) is 23.1 Å². The maximum absolute atomic E-state index is 13.2. The molecule has 4 rings (SSSR count). The molecule has 30 heavy (non-hydrogen) atoms. The lowest BCUT2D eigenvalue weighted by molar-refractivity contribution is -0.122. The Bertz CT molecular complexity index is 1020. The van der Waals surface area contributed by atoms with Crippen molar-refractivity contribution in [3.8, 4) is 0 Å². The second kappa shape index (κ2) is 8.44. The number of carbonyl (C=O) groups is 3. The molecule has 1 aliphatic carbocycles. The van der Waals surface area contributed by atoms with E-state index in [0.717, 1.165) is 5.56 Å². The SMILES string of the molecule is Cc1ccc(Cl)cc1NC(=O)c1ccccc1N1C(=O)[C@H]2C[C@@H](Br)[C@@H](Br)C[C@H]2C1=O. The number of nitrogens with one attached hydrogen (secondary N) is 1. The number of benzene rings is 2. The molecule has 1 saturated carbocycles. The molecule has 0 radical (unpaired) electrons. The van der Waals surface area contributed by atoms with Crippen molar-refractivity contribution in [1.82, 2.24) is 0 Å². The Morgan fingerprint density at radius 1 is 1.03 bits per heavy atom. The van der Waals surface area contributed by atoms with Gasteiger partial charge in [-0.3, -0.25) is 14.4 Å². The first-order valence-corrected chi connectivity index (χ1v) is 11.8. The first kappa shape index (κ1) is 21.5. The third kappa shape index (κ3) is 3.83. The minimum absolute atomic E-state index is 0.125. The van der Waals surface area contributed by atoms with Gasteiger partial charge in [-0.25, -0.2) is 4.90 Å². The second-order valence-electron chi connectivity index (χ2n) is 7.66. The number of fused-ring (bicyclic) bond motifs is 1. The standard InChI is InChI=1S/C22H19Br2ClN2O3/c1-11-6-7-12(25)8-18(11)26-20(28)13-4-2-3-5-19(13)27-21(29)14-9-16(23)17(24)10-15(14)22(27)30/h2-8,14-17H,9-10H2,1H3,(H,26,28)/t14-,15+,16+,17-. The number of carbonyl (C=O) groups excluding carboxylic acids is 3. The summed E-state index contributed by atoms with van der Waals surface area (Å²) in [4.78, 5) is 40.8. The van der Waals surface area contributed by atoms with Gasteiger partial charge in [-0.1, -0.05) is 61.7 Å². The zero-order valence-electron chi connectivity index (χ0n) is 16.1. The number of para-hydroxylation sites is 1. The number of alkyl halides is 2. The fraction of sp³-hybridized carbons (Fsp3) is 0.318. The minimum Gasteiger partial charge on any atom is -0.322 e. The van der Waals surface area contributed by atoms with Crippen molar-refractivity contribution in [2.24, 2.45) is 11.8 Å². The monoisotopic (exact) mass is 552 g/mol. The predicted octanol–water partition coefficient (Wildman–Crippen LogP) is 5.33. The number of rotatable bonds is 3. The van der Waals surface area contributed by atoms with Crippen molar-refractivity contribution < 1.29 is 14.4 Å². The predicted molar refractivity (Wildman–Crippen MR) is 125 cm³/mol. The molecule has 2 fully saturated rings. The van der Waals surface area contributed by atoms with Gasteiger partial charge in [0.1, 0.15) is 0 Å². The summed E-state index contributed by atoms with van der Waals surface area (Å²) in [6.07, 6.45) is 1.16. The summed E-state index contributed by atoms with van der Waals surface area (Å²) in [6.45, 7) is 1.86. The molecule has 0 aromatic heterocycles. The Morgan fingerprint density at radius 2 is 1.63 bits per heavy atom. The van der Waals surface area contributed by atoms with Crippen LogP contribution in [0.4, 0.5) is 11.4 Å². The van der Waals surface area contributed by atoms with E-state index >= 15 is 0 Å². The molecule has 0 spiro atoms. The van der Waals surface area contributed by atoms with Crippen molar-refractivity contribution >= 4 is 72.6 Å². The Morgan fingerprint density at radius 3 is 2.27 bits per heavy atom. The molecule has 2 aliphatic rings. The number of amides is 3. The topological polar surface area (TPSA) is 66.5 Å². The highest BCUT2D eigenvalue weighted by molar-refractivity contribution is 9.12. The largest absolute Gasteiger partial charge is 0.322 e. The third-order valence-electron chi connectivity index (χ3n) is 5.75. The van der Waals surface area contributed by atoms with Crippen LogP contribution in [0.5, 0.6) is 0 Å². The van der Waals surface area contributed by atoms with Gasteiger partial charge < -0.3 is 5.32 Å².